The minimum absolute atomic E-state index is 0.0202. The molecule has 5 rings (SSSR count). The summed E-state index contributed by atoms with van der Waals surface area (Å²) >= 11 is 0. The summed E-state index contributed by atoms with van der Waals surface area (Å²) in [5.41, 5.74) is 3.13. The normalized spacial score (nSPS) is 21.6. The van der Waals surface area contributed by atoms with Gasteiger partial charge in [0.05, 0.1) is 19.9 Å². The largest absolute Gasteiger partial charge is 0.497 e. The summed E-state index contributed by atoms with van der Waals surface area (Å²) in [5, 5.41) is 21.9. The lowest BCUT2D eigenvalue weighted by atomic mass is 9.99. The van der Waals surface area contributed by atoms with Gasteiger partial charge in [-0.2, -0.15) is 5.10 Å². The standard InChI is InChI=1S/C43H57N9O7/c1-25(2)17-34-42(57)50-35(18-28-11-14-31(59-6)15-12-28)41(56)47-27(5)40(55)51-37(26(3)4)23-52(39(54)16-13-29-20-45-46-21-29)24-38(53)48-36(43(58)49-34)19-30-22-44-33-10-8-7-9-32(30)33/h7-12,14-15,20-22,25-27,34-37,44H,13,16-19,23-24H2,1-6H3,(H,45,46)(H,47,56)(H,48,53)(H,49,58)(H,50,57)(H,51,55)/t27-,34+,35+,36-,37-/m1/s1. The van der Waals surface area contributed by atoms with Gasteiger partial charge in [-0.15, -0.1) is 0 Å². The number of hydrogen-bond acceptors (Lipinski definition) is 8. The number of methoxy groups -OCH3 is 1. The summed E-state index contributed by atoms with van der Waals surface area (Å²) in [7, 11) is 1.54. The van der Waals surface area contributed by atoms with Gasteiger partial charge in [0.2, 0.25) is 35.4 Å². The Hall–Kier alpha value is -6.19. The van der Waals surface area contributed by atoms with Crippen LogP contribution in [0.3, 0.4) is 0 Å². The Bertz CT molecular complexity index is 2060. The van der Waals surface area contributed by atoms with E-state index in [-0.39, 0.29) is 50.0 Å². The molecule has 1 aliphatic heterocycles. The van der Waals surface area contributed by atoms with Crippen LogP contribution in [-0.4, -0.2) is 106 Å². The number of nitrogens with one attached hydrogen (secondary N) is 7. The van der Waals surface area contributed by atoms with Gasteiger partial charge in [0, 0.05) is 55.1 Å². The van der Waals surface area contributed by atoms with Crippen molar-refractivity contribution in [1.29, 1.82) is 0 Å². The fourth-order valence-electron chi connectivity index (χ4n) is 7.02. The highest BCUT2D eigenvalue weighted by molar-refractivity contribution is 5.96. The zero-order valence-electron chi connectivity index (χ0n) is 34.6. The average molecular weight is 812 g/mol. The first-order chi connectivity index (χ1) is 28.2. The van der Waals surface area contributed by atoms with Crippen LogP contribution in [0.15, 0.2) is 67.1 Å². The van der Waals surface area contributed by atoms with Crippen LogP contribution in [0, 0.1) is 11.8 Å². The lowest BCUT2D eigenvalue weighted by molar-refractivity contribution is -0.138. The van der Waals surface area contributed by atoms with Gasteiger partial charge < -0.3 is 41.2 Å². The van der Waals surface area contributed by atoms with Crippen LogP contribution < -0.4 is 31.3 Å². The Morgan fingerprint density at radius 2 is 1.47 bits per heavy atom. The maximum Gasteiger partial charge on any atom is 0.243 e. The zero-order chi connectivity index (χ0) is 42.6. The molecule has 0 spiro atoms. The number of rotatable bonds is 11. The minimum Gasteiger partial charge on any atom is -0.497 e. The summed E-state index contributed by atoms with van der Waals surface area (Å²) in [6.07, 6.45) is 5.85. The smallest absolute Gasteiger partial charge is 0.243 e. The first-order valence-electron chi connectivity index (χ1n) is 20.1. The van der Waals surface area contributed by atoms with Crippen molar-refractivity contribution in [3.8, 4) is 5.75 Å². The Morgan fingerprint density at radius 3 is 2.15 bits per heavy atom. The summed E-state index contributed by atoms with van der Waals surface area (Å²) in [6, 6.07) is 9.57. The second-order valence-electron chi connectivity index (χ2n) is 16.0. The second-order valence-corrected chi connectivity index (χ2v) is 16.0. The quantitative estimate of drug-likeness (QED) is 0.119. The number of carbonyl (C=O) groups excluding carboxylic acids is 6. The van der Waals surface area contributed by atoms with Crippen LogP contribution in [0.2, 0.25) is 0 Å². The third-order valence-electron chi connectivity index (χ3n) is 10.5. The van der Waals surface area contributed by atoms with Crippen LogP contribution in [0.4, 0.5) is 0 Å². The third-order valence-corrected chi connectivity index (χ3v) is 10.5. The summed E-state index contributed by atoms with van der Waals surface area (Å²) in [4.78, 5) is 88.8. The van der Waals surface area contributed by atoms with Gasteiger partial charge in [-0.05, 0) is 66.5 Å². The zero-order valence-corrected chi connectivity index (χ0v) is 34.6. The fraction of sp³-hybridized carbons (Fsp3) is 0.465. The van der Waals surface area contributed by atoms with Crippen molar-refractivity contribution in [2.45, 2.75) is 96.9 Å². The third kappa shape index (κ3) is 12.4. The van der Waals surface area contributed by atoms with Gasteiger partial charge in [-0.1, -0.05) is 58.0 Å². The van der Waals surface area contributed by atoms with Crippen molar-refractivity contribution in [3.63, 3.8) is 0 Å². The summed E-state index contributed by atoms with van der Waals surface area (Å²) in [6.45, 7) is 8.67. The number of benzene rings is 2. The summed E-state index contributed by atoms with van der Waals surface area (Å²) < 4.78 is 5.29. The van der Waals surface area contributed by atoms with Crippen molar-refractivity contribution in [2.75, 3.05) is 20.2 Å². The number of aryl methyl sites for hydroxylation is 1. The molecule has 59 heavy (non-hydrogen) atoms. The number of hydrogen-bond donors (Lipinski definition) is 7. The molecule has 2 aromatic heterocycles. The molecule has 16 nitrogen and oxygen atoms in total. The number of para-hydroxylation sites is 1. The molecule has 5 atom stereocenters. The van der Waals surface area contributed by atoms with Gasteiger partial charge in [0.15, 0.2) is 0 Å². The van der Waals surface area contributed by atoms with E-state index in [4.69, 9.17) is 4.74 Å². The topological polar surface area (TPSA) is 220 Å². The molecule has 4 aromatic rings. The first-order valence-corrected chi connectivity index (χ1v) is 20.1. The maximum atomic E-state index is 14.4. The van der Waals surface area contributed by atoms with E-state index in [9.17, 15) is 28.8 Å². The lowest BCUT2D eigenvalue weighted by Crippen LogP contribution is -2.60. The molecular weight excluding hydrogens is 755 g/mol. The van der Waals surface area contributed by atoms with Crippen LogP contribution in [0.1, 0.15) is 64.2 Å². The fourth-order valence-corrected chi connectivity index (χ4v) is 7.02. The molecule has 3 heterocycles. The van der Waals surface area contributed by atoms with Crippen LogP contribution in [0.25, 0.3) is 10.9 Å². The number of nitrogens with zero attached hydrogens (tertiary/aromatic N) is 2. The van der Waals surface area contributed by atoms with Crippen molar-refractivity contribution in [2.24, 2.45) is 11.8 Å². The maximum absolute atomic E-state index is 14.4. The molecule has 1 saturated heterocycles. The molecule has 7 N–H and O–H groups in total. The van der Waals surface area contributed by atoms with Gasteiger partial charge in [-0.3, -0.25) is 33.9 Å². The van der Waals surface area contributed by atoms with Crippen LogP contribution in [0.5, 0.6) is 5.75 Å². The van der Waals surface area contributed by atoms with E-state index >= 15 is 0 Å². The SMILES string of the molecule is COc1ccc(C[C@@H]2NC(=O)[C@H](CC(C)C)NC(=O)[C@@H](Cc3c[nH]c4ccccc34)NC(=O)CN(C(=O)CCc3cn[nH]c3)C[C@H](C(C)C)NC(=O)[C@@H](C)NC2=O)cc1. The molecule has 0 aliphatic carbocycles. The van der Waals surface area contributed by atoms with Crippen LogP contribution in [-0.2, 0) is 48.0 Å². The number of aromatic amines is 2. The highest BCUT2D eigenvalue weighted by Crippen LogP contribution is 2.20. The number of H-pyrrole nitrogens is 2. The van der Waals surface area contributed by atoms with E-state index in [0.717, 1.165) is 22.0 Å². The molecule has 1 fully saturated rings. The lowest BCUT2D eigenvalue weighted by Gasteiger charge is -2.32. The van der Waals surface area contributed by atoms with E-state index in [1.165, 1.54) is 11.8 Å². The molecule has 1 aliphatic rings. The van der Waals surface area contributed by atoms with Gasteiger partial charge in [0.1, 0.15) is 29.9 Å². The highest BCUT2D eigenvalue weighted by Gasteiger charge is 2.34. The van der Waals surface area contributed by atoms with Crippen molar-refractivity contribution < 1.29 is 33.5 Å². The molecule has 0 unspecified atom stereocenters. The Morgan fingerprint density at radius 1 is 0.797 bits per heavy atom. The highest BCUT2D eigenvalue weighted by atomic mass is 16.5. The Labute approximate surface area is 344 Å². The molecule has 0 radical (unpaired) electrons. The average Bonchev–Trinajstić information content (AvgIpc) is 3.88. The molecule has 16 heteroatoms. The molecule has 2 aromatic carbocycles. The number of amides is 6. The molecular formula is C43H57N9O7. The number of carbonyl (C=O) groups is 6. The Kier molecular flexibility index (Phi) is 15.2. The van der Waals surface area contributed by atoms with Gasteiger partial charge in [-0.25, -0.2) is 0 Å². The molecule has 0 saturated carbocycles. The molecule has 0 bridgehead atoms. The van der Waals surface area contributed by atoms with E-state index in [1.807, 2.05) is 52.0 Å². The van der Waals surface area contributed by atoms with E-state index in [2.05, 4.69) is 41.8 Å². The van der Waals surface area contributed by atoms with Crippen molar-refractivity contribution >= 4 is 46.3 Å². The van der Waals surface area contributed by atoms with Crippen molar-refractivity contribution in [3.05, 3.63) is 83.8 Å². The second kappa shape index (κ2) is 20.5. The van der Waals surface area contributed by atoms with Crippen molar-refractivity contribution in [1.82, 2.24) is 46.7 Å². The van der Waals surface area contributed by atoms with E-state index in [1.54, 1.807) is 50.0 Å². The number of aromatic nitrogens is 3. The number of fused-ring (bicyclic) bond motifs is 1. The molecule has 316 valence electrons. The molecule has 6 amide bonds. The Balaban J connectivity index is 1.52. The van der Waals surface area contributed by atoms with Gasteiger partial charge in [0.25, 0.3) is 0 Å². The number of ether oxygens (including phenoxy) is 1. The summed E-state index contributed by atoms with van der Waals surface area (Å²) in [5.74, 6) is -2.90. The predicted octanol–water partition coefficient (Wildman–Crippen LogP) is 2.31. The predicted molar refractivity (Wildman–Crippen MR) is 222 cm³/mol. The monoisotopic (exact) mass is 811 g/mol. The van der Waals surface area contributed by atoms with Gasteiger partial charge >= 0.3 is 0 Å². The van der Waals surface area contributed by atoms with E-state index in [0.29, 0.717) is 17.7 Å². The first kappa shape index (κ1) is 43.9. The van der Waals surface area contributed by atoms with Crippen LogP contribution >= 0.6 is 0 Å². The van der Waals surface area contributed by atoms with E-state index < -0.39 is 66.3 Å². The minimum atomic E-state index is -1.16.